The molecule has 0 fully saturated rings. The second-order valence-electron chi connectivity index (χ2n) is 6.84. The average molecular weight is 356 g/mol. The summed E-state index contributed by atoms with van der Waals surface area (Å²) in [5.74, 6) is 0. The summed E-state index contributed by atoms with van der Waals surface area (Å²) in [6.45, 7) is 7.55. The number of aromatic amines is 1. The van der Waals surface area contributed by atoms with Crippen molar-refractivity contribution in [2.45, 2.75) is 45.1 Å². The van der Waals surface area contributed by atoms with Crippen LogP contribution < -0.4 is 4.72 Å². The number of aromatic nitrogens is 1. The van der Waals surface area contributed by atoms with Crippen LogP contribution in [0.25, 0.3) is 10.9 Å². The number of benzene rings is 2. The highest BCUT2D eigenvalue weighted by atomic mass is 32.2. The van der Waals surface area contributed by atoms with Gasteiger partial charge in [-0.25, -0.2) is 13.1 Å². The van der Waals surface area contributed by atoms with E-state index in [1.165, 1.54) is 0 Å². The Morgan fingerprint density at radius 1 is 1.04 bits per heavy atom. The molecule has 0 saturated heterocycles. The van der Waals surface area contributed by atoms with E-state index in [-0.39, 0.29) is 6.04 Å². The summed E-state index contributed by atoms with van der Waals surface area (Å²) in [5.41, 5.74) is 4.72. The largest absolute Gasteiger partial charge is 0.358 e. The molecule has 1 aromatic heterocycles. The van der Waals surface area contributed by atoms with Crippen molar-refractivity contribution >= 4 is 20.9 Å². The molecule has 0 spiro atoms. The summed E-state index contributed by atoms with van der Waals surface area (Å²) in [4.78, 5) is 3.74. The minimum Gasteiger partial charge on any atom is -0.358 e. The van der Waals surface area contributed by atoms with Crippen LogP contribution in [-0.2, 0) is 16.4 Å². The maximum Gasteiger partial charge on any atom is 0.241 e. The van der Waals surface area contributed by atoms with Crippen molar-refractivity contribution in [3.05, 3.63) is 64.8 Å². The SMILES string of the molecule is Cc1cc(C)c(S(=O)(=O)NC(C)Cc2cc3ccccc3[nH]2)c(C)c1. The molecule has 2 aromatic carbocycles. The number of nitrogens with one attached hydrogen (secondary N) is 2. The van der Waals surface area contributed by atoms with E-state index in [0.717, 1.165) is 33.3 Å². The van der Waals surface area contributed by atoms with Crippen molar-refractivity contribution in [2.24, 2.45) is 0 Å². The normalized spacial score (nSPS) is 13.3. The van der Waals surface area contributed by atoms with Crippen LogP contribution in [0.1, 0.15) is 29.3 Å². The summed E-state index contributed by atoms with van der Waals surface area (Å²) in [6.07, 6.45) is 0.609. The first-order valence-electron chi connectivity index (χ1n) is 8.43. The van der Waals surface area contributed by atoms with Gasteiger partial charge < -0.3 is 4.98 Å². The van der Waals surface area contributed by atoms with Gasteiger partial charge in [0.1, 0.15) is 0 Å². The molecule has 0 amide bonds. The lowest BCUT2D eigenvalue weighted by Crippen LogP contribution is -2.35. The highest BCUT2D eigenvalue weighted by Gasteiger charge is 2.22. The molecule has 3 aromatic rings. The van der Waals surface area contributed by atoms with E-state index in [4.69, 9.17) is 0 Å². The van der Waals surface area contributed by atoms with E-state index in [0.29, 0.717) is 11.3 Å². The molecule has 0 bridgehead atoms. The van der Waals surface area contributed by atoms with Crippen LogP contribution in [0.3, 0.4) is 0 Å². The Hall–Kier alpha value is -2.11. The van der Waals surface area contributed by atoms with Crippen molar-refractivity contribution in [2.75, 3.05) is 0 Å². The van der Waals surface area contributed by atoms with Crippen LogP contribution in [0.15, 0.2) is 47.4 Å². The molecule has 5 heteroatoms. The molecule has 25 heavy (non-hydrogen) atoms. The van der Waals surface area contributed by atoms with Crippen LogP contribution in [0.4, 0.5) is 0 Å². The molecular weight excluding hydrogens is 332 g/mol. The third-order valence-corrected chi connectivity index (χ3v) is 6.24. The summed E-state index contributed by atoms with van der Waals surface area (Å²) in [6, 6.07) is 13.7. The molecule has 3 rings (SSSR count). The van der Waals surface area contributed by atoms with Gasteiger partial charge in [0.25, 0.3) is 0 Å². The van der Waals surface area contributed by atoms with E-state index in [2.05, 4.69) is 15.8 Å². The van der Waals surface area contributed by atoms with Crippen molar-refractivity contribution in [3.8, 4) is 0 Å². The van der Waals surface area contributed by atoms with E-state index in [1.54, 1.807) is 0 Å². The van der Waals surface area contributed by atoms with Gasteiger partial charge in [-0.3, -0.25) is 0 Å². The van der Waals surface area contributed by atoms with Gasteiger partial charge in [-0.1, -0.05) is 35.9 Å². The van der Waals surface area contributed by atoms with Crippen LogP contribution >= 0.6 is 0 Å². The molecule has 132 valence electrons. The quantitative estimate of drug-likeness (QED) is 0.726. The van der Waals surface area contributed by atoms with Crippen molar-refractivity contribution in [3.63, 3.8) is 0 Å². The summed E-state index contributed by atoms with van der Waals surface area (Å²) in [7, 11) is -3.55. The Morgan fingerprint density at radius 2 is 1.68 bits per heavy atom. The van der Waals surface area contributed by atoms with Gasteiger partial charge in [-0.15, -0.1) is 0 Å². The van der Waals surface area contributed by atoms with Crippen LogP contribution in [0.2, 0.25) is 0 Å². The monoisotopic (exact) mass is 356 g/mol. The van der Waals surface area contributed by atoms with E-state index in [1.807, 2.05) is 64.1 Å². The smallest absolute Gasteiger partial charge is 0.241 e. The lowest BCUT2D eigenvalue weighted by molar-refractivity contribution is 0.557. The molecule has 1 heterocycles. The van der Waals surface area contributed by atoms with Gasteiger partial charge in [0, 0.05) is 23.7 Å². The van der Waals surface area contributed by atoms with Crippen LogP contribution in [-0.4, -0.2) is 19.4 Å². The molecule has 1 unspecified atom stereocenters. The predicted octanol–water partition coefficient (Wildman–Crippen LogP) is 4.00. The molecule has 0 aliphatic carbocycles. The fraction of sp³-hybridized carbons (Fsp3) is 0.300. The third-order valence-electron chi connectivity index (χ3n) is 4.34. The van der Waals surface area contributed by atoms with Crippen LogP contribution in [0.5, 0.6) is 0 Å². The number of fused-ring (bicyclic) bond motifs is 1. The predicted molar refractivity (Wildman–Crippen MR) is 102 cm³/mol. The number of hydrogen-bond donors (Lipinski definition) is 2. The summed E-state index contributed by atoms with van der Waals surface area (Å²) >= 11 is 0. The zero-order valence-corrected chi connectivity index (χ0v) is 15.9. The van der Waals surface area contributed by atoms with Crippen molar-refractivity contribution in [1.29, 1.82) is 0 Å². The highest BCUT2D eigenvalue weighted by Crippen LogP contribution is 2.22. The number of H-pyrrole nitrogens is 1. The van der Waals surface area contributed by atoms with Crippen molar-refractivity contribution < 1.29 is 8.42 Å². The summed E-state index contributed by atoms with van der Waals surface area (Å²) < 4.78 is 28.5. The Kier molecular flexibility index (Phi) is 4.71. The highest BCUT2D eigenvalue weighted by molar-refractivity contribution is 7.89. The van der Waals surface area contributed by atoms with E-state index in [9.17, 15) is 8.42 Å². The first-order valence-corrected chi connectivity index (χ1v) is 9.91. The Balaban J connectivity index is 1.81. The Labute approximate surface area is 149 Å². The van der Waals surface area contributed by atoms with E-state index >= 15 is 0 Å². The number of para-hydroxylation sites is 1. The molecular formula is C20H24N2O2S. The zero-order chi connectivity index (χ0) is 18.2. The number of hydrogen-bond acceptors (Lipinski definition) is 2. The van der Waals surface area contributed by atoms with Gasteiger partial charge in [-0.05, 0) is 56.3 Å². The zero-order valence-electron chi connectivity index (χ0n) is 15.1. The molecule has 4 nitrogen and oxygen atoms in total. The first kappa shape index (κ1) is 17.7. The lowest BCUT2D eigenvalue weighted by Gasteiger charge is -2.17. The summed E-state index contributed by atoms with van der Waals surface area (Å²) in [5, 5.41) is 1.14. The van der Waals surface area contributed by atoms with Crippen LogP contribution in [0, 0.1) is 20.8 Å². The second kappa shape index (κ2) is 6.65. The minimum atomic E-state index is -3.55. The molecule has 2 N–H and O–H groups in total. The van der Waals surface area contributed by atoms with Gasteiger partial charge >= 0.3 is 0 Å². The fourth-order valence-electron chi connectivity index (χ4n) is 3.53. The minimum absolute atomic E-state index is 0.210. The fourth-order valence-corrected chi connectivity index (χ4v) is 5.23. The standard InChI is InChI=1S/C20H24N2O2S/c1-13-9-14(2)20(15(3)10-13)25(23,24)22-16(4)11-18-12-17-7-5-6-8-19(17)21-18/h5-10,12,16,21-22H,11H2,1-4H3. The molecule has 0 aliphatic rings. The Morgan fingerprint density at radius 3 is 2.32 bits per heavy atom. The number of rotatable bonds is 5. The number of aryl methyl sites for hydroxylation is 3. The maximum atomic E-state index is 12.8. The maximum absolute atomic E-state index is 12.8. The molecule has 0 saturated carbocycles. The van der Waals surface area contributed by atoms with Gasteiger partial charge in [-0.2, -0.15) is 0 Å². The van der Waals surface area contributed by atoms with Gasteiger partial charge in [0.2, 0.25) is 10.0 Å². The molecule has 0 radical (unpaired) electrons. The van der Waals surface area contributed by atoms with E-state index < -0.39 is 10.0 Å². The first-order chi connectivity index (χ1) is 11.8. The topological polar surface area (TPSA) is 62.0 Å². The molecule has 0 aliphatic heterocycles. The Bertz CT molecular complexity index is 963. The third kappa shape index (κ3) is 3.78. The van der Waals surface area contributed by atoms with Crippen molar-refractivity contribution in [1.82, 2.24) is 9.71 Å². The second-order valence-corrected chi connectivity index (χ2v) is 8.49. The van der Waals surface area contributed by atoms with Gasteiger partial charge in [0.05, 0.1) is 4.90 Å². The molecule has 1 atom stereocenters. The average Bonchev–Trinajstić information content (AvgIpc) is 2.86. The van der Waals surface area contributed by atoms with Gasteiger partial charge in [0.15, 0.2) is 0 Å². The lowest BCUT2D eigenvalue weighted by atomic mass is 10.1. The number of sulfonamides is 1.